The van der Waals surface area contributed by atoms with Crippen LogP contribution in [0.25, 0.3) is 32.9 Å². The highest BCUT2D eigenvalue weighted by molar-refractivity contribution is 6.05. The molecule has 1 saturated carbocycles. The molecule has 4 aromatic rings. The van der Waals surface area contributed by atoms with Gasteiger partial charge in [0.2, 0.25) is 5.91 Å². The fraction of sp³-hybridized carbons (Fsp3) is 0.514. The Bertz CT molecular complexity index is 1930. The number of halogens is 3. The fourth-order valence-electron chi connectivity index (χ4n) is 8.30. The molecule has 2 aromatic heterocycles. The number of aromatic amines is 1. The van der Waals surface area contributed by atoms with Crippen molar-refractivity contribution in [3.05, 3.63) is 54.0 Å². The highest BCUT2D eigenvalue weighted by Gasteiger charge is 2.47. The monoisotopic (exact) mass is 673 g/mol. The summed E-state index contributed by atoms with van der Waals surface area (Å²) in [6, 6.07) is 6.57. The second-order valence-corrected chi connectivity index (χ2v) is 14.5. The van der Waals surface area contributed by atoms with Crippen molar-refractivity contribution >= 4 is 33.5 Å². The van der Waals surface area contributed by atoms with Gasteiger partial charge < -0.3 is 14.5 Å². The average Bonchev–Trinajstić information content (AvgIpc) is 3.50. The van der Waals surface area contributed by atoms with Crippen molar-refractivity contribution in [2.75, 3.05) is 50.8 Å². The summed E-state index contributed by atoms with van der Waals surface area (Å²) in [5.41, 5.74) is 4.49. The van der Waals surface area contributed by atoms with Crippen LogP contribution >= 0.6 is 0 Å². The van der Waals surface area contributed by atoms with Crippen LogP contribution in [0.3, 0.4) is 0 Å². The molecule has 49 heavy (non-hydrogen) atoms. The number of anilines is 1. The van der Waals surface area contributed by atoms with Gasteiger partial charge in [0.1, 0.15) is 17.2 Å². The summed E-state index contributed by atoms with van der Waals surface area (Å²) < 4.78 is 47.7. The van der Waals surface area contributed by atoms with Gasteiger partial charge in [-0.05, 0) is 73.9 Å². The molecule has 8 rings (SSSR count). The number of nitrogens with one attached hydrogen (secondary N) is 1. The Balaban J connectivity index is 1.27. The van der Waals surface area contributed by atoms with Gasteiger partial charge in [-0.2, -0.15) is 18.3 Å². The molecule has 0 radical (unpaired) electrons. The number of carbonyl (C=O) groups excluding carboxylic acids is 1. The number of amides is 1. The standard InChI is InChI=1S/C37H42F3N7O2/c1-4-23-15-26-32(33(49-21-37(38,39)40)31(23)30-22(3)9-10-28-27(30)16-41-44-28)42-34(24-17-46(18-24)25-7-6-8-25)43-35(26)45-13-11-36(12-14-45)19-47(20-36)29(48)5-2/h5,9-10,15-16,24-25H,2,4,6-8,11-14,17-21H2,1,3H3,(H,41,44). The van der Waals surface area contributed by atoms with Crippen molar-refractivity contribution in [1.82, 2.24) is 30.0 Å². The highest BCUT2D eigenvalue weighted by Crippen LogP contribution is 2.48. The van der Waals surface area contributed by atoms with Crippen molar-refractivity contribution < 1.29 is 22.7 Å². The summed E-state index contributed by atoms with van der Waals surface area (Å²) in [6.07, 6.45) is 4.58. The zero-order valence-corrected chi connectivity index (χ0v) is 28.1. The molecule has 1 amide bonds. The van der Waals surface area contributed by atoms with Gasteiger partial charge in [0, 0.05) is 73.0 Å². The van der Waals surface area contributed by atoms with E-state index in [9.17, 15) is 18.0 Å². The maximum absolute atomic E-state index is 13.9. The lowest BCUT2D eigenvalue weighted by Gasteiger charge is -2.54. The summed E-state index contributed by atoms with van der Waals surface area (Å²) in [5, 5.41) is 8.80. The van der Waals surface area contributed by atoms with Gasteiger partial charge in [-0.25, -0.2) is 9.97 Å². The maximum atomic E-state index is 13.9. The number of H-pyrrole nitrogens is 1. The van der Waals surface area contributed by atoms with Crippen molar-refractivity contribution in [3.8, 4) is 16.9 Å². The lowest BCUT2D eigenvalue weighted by Crippen LogP contribution is -2.61. The second-order valence-electron chi connectivity index (χ2n) is 14.5. The summed E-state index contributed by atoms with van der Waals surface area (Å²) in [7, 11) is 0. The Labute approximate surface area is 283 Å². The van der Waals surface area contributed by atoms with Crippen LogP contribution in [0.4, 0.5) is 19.0 Å². The molecule has 2 aromatic carbocycles. The topological polar surface area (TPSA) is 90.5 Å². The van der Waals surface area contributed by atoms with E-state index in [4.69, 9.17) is 14.7 Å². The van der Waals surface area contributed by atoms with E-state index in [1.54, 1.807) is 6.20 Å². The molecule has 0 atom stereocenters. The van der Waals surface area contributed by atoms with Crippen molar-refractivity contribution in [2.24, 2.45) is 5.41 Å². The molecule has 4 fully saturated rings. The number of benzene rings is 2. The number of likely N-dealkylation sites (tertiary alicyclic amines) is 2. The fourth-order valence-corrected chi connectivity index (χ4v) is 8.30. The van der Waals surface area contributed by atoms with Crippen molar-refractivity contribution in [2.45, 2.75) is 70.5 Å². The van der Waals surface area contributed by atoms with E-state index in [1.165, 1.54) is 25.3 Å². The number of hydrogen-bond donors (Lipinski definition) is 1. The summed E-state index contributed by atoms with van der Waals surface area (Å²) in [4.78, 5) is 29.1. The predicted octanol–water partition coefficient (Wildman–Crippen LogP) is 6.55. The van der Waals surface area contributed by atoms with Crippen LogP contribution < -0.4 is 9.64 Å². The minimum Gasteiger partial charge on any atom is -0.481 e. The number of hydrogen-bond acceptors (Lipinski definition) is 7. The third-order valence-electron chi connectivity index (χ3n) is 11.4. The number of carbonyl (C=O) groups is 1. The predicted molar refractivity (Wildman–Crippen MR) is 183 cm³/mol. The number of ether oxygens (including phenoxy) is 1. The first kappa shape index (κ1) is 32.0. The van der Waals surface area contributed by atoms with Gasteiger partial charge in [0.25, 0.3) is 0 Å². The van der Waals surface area contributed by atoms with Gasteiger partial charge >= 0.3 is 6.18 Å². The SMILES string of the molecule is C=CC(=O)N1CC2(CCN(c3nc(C4CN(C5CCC5)C4)nc4c(OCC(F)(F)F)c(-c5c(C)ccc6[nH]ncc56)c(CC)cc34)CC2)C1. The van der Waals surface area contributed by atoms with Gasteiger partial charge in [-0.15, -0.1) is 0 Å². The van der Waals surface area contributed by atoms with Crippen molar-refractivity contribution in [3.63, 3.8) is 0 Å². The van der Waals surface area contributed by atoms with Gasteiger partial charge in [-0.1, -0.05) is 26.0 Å². The number of aryl methyl sites for hydroxylation is 2. The van der Waals surface area contributed by atoms with Crippen LogP contribution in [0.2, 0.25) is 0 Å². The Morgan fingerprint density at radius 2 is 1.88 bits per heavy atom. The first-order valence-corrected chi connectivity index (χ1v) is 17.5. The second kappa shape index (κ2) is 12.0. The zero-order valence-electron chi connectivity index (χ0n) is 28.1. The highest BCUT2D eigenvalue weighted by atomic mass is 19.4. The van der Waals surface area contributed by atoms with Crippen LogP contribution in [0.5, 0.6) is 5.75 Å². The molecule has 12 heteroatoms. The average molecular weight is 674 g/mol. The van der Waals surface area contributed by atoms with Crippen LogP contribution in [0.1, 0.15) is 61.9 Å². The summed E-state index contributed by atoms with van der Waals surface area (Å²) >= 11 is 0. The van der Waals surface area contributed by atoms with E-state index in [-0.39, 0.29) is 23.0 Å². The Morgan fingerprint density at radius 1 is 1.12 bits per heavy atom. The minimum absolute atomic E-state index is 0.0356. The lowest BCUT2D eigenvalue weighted by atomic mass is 9.72. The van der Waals surface area contributed by atoms with Crippen LogP contribution in [-0.4, -0.2) is 94.0 Å². The van der Waals surface area contributed by atoms with E-state index < -0.39 is 12.8 Å². The molecule has 1 N–H and O–H groups in total. The number of aromatic nitrogens is 4. The Kier molecular flexibility index (Phi) is 7.84. The van der Waals surface area contributed by atoms with E-state index in [2.05, 4.69) is 32.6 Å². The first-order valence-electron chi connectivity index (χ1n) is 17.5. The third kappa shape index (κ3) is 5.61. The van der Waals surface area contributed by atoms with E-state index in [0.29, 0.717) is 34.8 Å². The molecule has 258 valence electrons. The first-order chi connectivity index (χ1) is 23.6. The Hall–Kier alpha value is -4.19. The number of nitrogens with zero attached hydrogens (tertiary/aromatic N) is 6. The van der Waals surface area contributed by atoms with E-state index in [1.807, 2.05) is 30.9 Å². The number of piperidine rings is 1. The smallest absolute Gasteiger partial charge is 0.422 e. The lowest BCUT2D eigenvalue weighted by molar-refractivity contribution is -0.153. The Morgan fingerprint density at radius 3 is 2.53 bits per heavy atom. The van der Waals surface area contributed by atoms with Gasteiger partial charge in [-0.3, -0.25) is 14.8 Å². The molecule has 5 heterocycles. The van der Waals surface area contributed by atoms with Crippen LogP contribution in [0.15, 0.2) is 37.1 Å². The molecule has 3 saturated heterocycles. The van der Waals surface area contributed by atoms with Gasteiger partial charge in [0.15, 0.2) is 12.4 Å². The summed E-state index contributed by atoms with van der Waals surface area (Å²) in [6.45, 7) is 10.8. The molecule has 0 bridgehead atoms. The molecule has 3 aliphatic heterocycles. The maximum Gasteiger partial charge on any atom is 0.422 e. The van der Waals surface area contributed by atoms with E-state index >= 15 is 0 Å². The van der Waals surface area contributed by atoms with E-state index in [0.717, 1.165) is 85.5 Å². The molecule has 1 spiro atoms. The van der Waals surface area contributed by atoms with Gasteiger partial charge in [0.05, 0.1) is 11.7 Å². The molecule has 0 unspecified atom stereocenters. The molecular formula is C37H42F3N7O2. The van der Waals surface area contributed by atoms with Crippen LogP contribution in [-0.2, 0) is 11.2 Å². The molecule has 4 aliphatic rings. The molecular weight excluding hydrogens is 631 g/mol. The number of alkyl halides is 3. The zero-order chi connectivity index (χ0) is 34.1. The minimum atomic E-state index is -4.54. The largest absolute Gasteiger partial charge is 0.481 e. The van der Waals surface area contributed by atoms with Crippen LogP contribution in [0, 0.1) is 12.3 Å². The quantitative estimate of drug-likeness (QED) is 0.212. The normalized spacial score (nSPS) is 20.0. The molecule has 1 aliphatic carbocycles. The summed E-state index contributed by atoms with van der Waals surface area (Å²) in [5.74, 6) is 1.62. The number of fused-ring (bicyclic) bond motifs is 2. The molecule has 9 nitrogen and oxygen atoms in total. The van der Waals surface area contributed by atoms with Crippen molar-refractivity contribution in [1.29, 1.82) is 0 Å². The third-order valence-corrected chi connectivity index (χ3v) is 11.4. The number of rotatable bonds is 8.